The van der Waals surface area contributed by atoms with Crippen LogP contribution >= 0.6 is 15.9 Å². The van der Waals surface area contributed by atoms with Crippen LogP contribution in [-0.2, 0) is 26.6 Å². The van der Waals surface area contributed by atoms with E-state index >= 15 is 0 Å². The average Bonchev–Trinajstić information content (AvgIpc) is 3.37. The third-order valence-electron chi connectivity index (χ3n) is 7.63. The molecule has 4 aromatic rings. The van der Waals surface area contributed by atoms with Gasteiger partial charge in [-0.15, -0.1) is 0 Å². The van der Waals surface area contributed by atoms with Crippen molar-refractivity contribution in [1.29, 1.82) is 0 Å². The summed E-state index contributed by atoms with van der Waals surface area (Å²) in [6.07, 6.45) is 1.82. The van der Waals surface area contributed by atoms with Crippen molar-refractivity contribution >= 4 is 39.8 Å². The number of halogens is 2. The molecule has 0 saturated heterocycles. The summed E-state index contributed by atoms with van der Waals surface area (Å²) in [5, 5.41) is 10.1. The van der Waals surface area contributed by atoms with Crippen LogP contribution < -0.4 is 16.2 Å². The van der Waals surface area contributed by atoms with Crippen LogP contribution in [0.15, 0.2) is 58.3 Å². The van der Waals surface area contributed by atoms with Gasteiger partial charge in [0, 0.05) is 53.9 Å². The Hall–Kier alpha value is -4.58. The molecule has 0 bridgehead atoms. The minimum Gasteiger partial charge on any atom is -0.354 e. The third kappa shape index (κ3) is 5.62. The Labute approximate surface area is 256 Å². The van der Waals surface area contributed by atoms with Crippen molar-refractivity contribution in [1.82, 2.24) is 29.5 Å². The lowest BCUT2D eigenvalue weighted by Crippen LogP contribution is -2.46. The molecule has 1 unspecified atom stereocenters. The maximum absolute atomic E-state index is 14.8. The van der Waals surface area contributed by atoms with Crippen molar-refractivity contribution in [3.8, 4) is 5.82 Å². The molecule has 3 heterocycles. The van der Waals surface area contributed by atoms with Gasteiger partial charge in [0.2, 0.25) is 5.95 Å². The number of hydrogen-bond donors (Lipinski definition) is 2. The lowest BCUT2D eigenvalue weighted by molar-refractivity contribution is 0.0653. The van der Waals surface area contributed by atoms with Crippen LogP contribution in [0.3, 0.4) is 0 Å². The molecule has 10 nitrogen and oxygen atoms in total. The highest BCUT2D eigenvalue weighted by atomic mass is 79.9. The highest BCUT2D eigenvalue weighted by molar-refractivity contribution is 9.10. The Bertz CT molecular complexity index is 1830. The fourth-order valence-electron chi connectivity index (χ4n) is 5.23. The molecule has 1 aliphatic rings. The number of benzene rings is 2. The van der Waals surface area contributed by atoms with Gasteiger partial charge in [-0.25, -0.2) is 13.9 Å². The van der Waals surface area contributed by atoms with E-state index in [1.165, 1.54) is 28.4 Å². The molecular formula is C31H31BrFN7O3. The molecule has 0 radical (unpaired) electrons. The molecule has 2 N–H and O–H groups in total. The van der Waals surface area contributed by atoms with Crippen molar-refractivity contribution in [3.63, 3.8) is 0 Å². The molecule has 2 amide bonds. The van der Waals surface area contributed by atoms with Gasteiger partial charge in [-0.2, -0.15) is 5.10 Å². The molecule has 12 heteroatoms. The number of carbonyl (C=O) groups is 2. The average molecular weight is 649 g/mol. The van der Waals surface area contributed by atoms with Gasteiger partial charge in [-0.1, -0.05) is 40.7 Å². The van der Waals surface area contributed by atoms with Crippen molar-refractivity contribution in [2.45, 2.75) is 39.4 Å². The van der Waals surface area contributed by atoms with E-state index in [2.05, 4.69) is 38.2 Å². The number of hydrogen-bond acceptors (Lipinski definition) is 6. The summed E-state index contributed by atoms with van der Waals surface area (Å²) < 4.78 is 18.4. The van der Waals surface area contributed by atoms with Crippen molar-refractivity contribution in [3.05, 3.63) is 109 Å². The lowest BCUT2D eigenvalue weighted by Gasteiger charge is -2.34. The van der Waals surface area contributed by atoms with Gasteiger partial charge >= 0.3 is 0 Å². The monoisotopic (exact) mass is 647 g/mol. The molecule has 1 atom stereocenters. The molecule has 0 fully saturated rings. The molecular weight excluding hydrogens is 617 g/mol. The van der Waals surface area contributed by atoms with E-state index < -0.39 is 5.82 Å². The van der Waals surface area contributed by atoms with E-state index in [1.807, 2.05) is 26.0 Å². The molecule has 43 heavy (non-hydrogen) atoms. The molecule has 1 aliphatic heterocycles. The molecule has 2 aromatic carbocycles. The van der Waals surface area contributed by atoms with Crippen LogP contribution in [0.25, 0.3) is 11.9 Å². The first-order chi connectivity index (χ1) is 20.5. The molecule has 222 valence electrons. The third-order valence-corrected chi connectivity index (χ3v) is 8.52. The highest BCUT2D eigenvalue weighted by Crippen LogP contribution is 2.26. The number of anilines is 1. The van der Waals surface area contributed by atoms with Gasteiger partial charge in [0.15, 0.2) is 5.82 Å². The Balaban J connectivity index is 1.60. The van der Waals surface area contributed by atoms with Gasteiger partial charge in [0.1, 0.15) is 11.5 Å². The second-order valence-corrected chi connectivity index (χ2v) is 11.3. The zero-order chi connectivity index (χ0) is 31.0. The SMILES string of the molecule is C=Cc1cccc(F)c1CNc1nc2c(c(=O)n1-c1cc(C(=O)NC)n(C)n1)CC(C)N(C(=O)c1ccc(Br)c(C)c1)C2. The van der Waals surface area contributed by atoms with Crippen LogP contribution in [-0.4, -0.2) is 49.1 Å². The van der Waals surface area contributed by atoms with Crippen molar-refractivity contribution in [2.24, 2.45) is 7.05 Å². The Morgan fingerprint density at radius 2 is 2.00 bits per heavy atom. The number of nitrogens with zero attached hydrogens (tertiary/aromatic N) is 5. The Morgan fingerprint density at radius 1 is 1.23 bits per heavy atom. The highest BCUT2D eigenvalue weighted by Gasteiger charge is 2.32. The summed E-state index contributed by atoms with van der Waals surface area (Å²) in [5.41, 5.74) is 3.14. The number of rotatable bonds is 7. The van der Waals surface area contributed by atoms with E-state index in [9.17, 15) is 18.8 Å². The van der Waals surface area contributed by atoms with Crippen LogP contribution in [0.4, 0.5) is 10.3 Å². The summed E-state index contributed by atoms with van der Waals surface area (Å²) in [6, 6.07) is 11.3. The maximum atomic E-state index is 14.8. The van der Waals surface area contributed by atoms with E-state index in [-0.39, 0.29) is 60.4 Å². The van der Waals surface area contributed by atoms with E-state index in [4.69, 9.17) is 4.98 Å². The Kier molecular flexibility index (Phi) is 8.32. The first kappa shape index (κ1) is 29.9. The number of aromatic nitrogens is 4. The van der Waals surface area contributed by atoms with E-state index in [0.29, 0.717) is 27.9 Å². The summed E-state index contributed by atoms with van der Waals surface area (Å²) in [4.78, 5) is 46.6. The van der Waals surface area contributed by atoms with Crippen molar-refractivity contribution < 1.29 is 14.0 Å². The van der Waals surface area contributed by atoms with Gasteiger partial charge in [0.05, 0.1) is 12.2 Å². The fraction of sp³-hybridized carbons (Fsp3) is 0.258. The molecule has 0 spiro atoms. The number of amides is 2. The second kappa shape index (κ2) is 12.0. The normalized spacial score (nSPS) is 14.3. The van der Waals surface area contributed by atoms with E-state index in [1.54, 1.807) is 36.2 Å². The molecule has 0 saturated carbocycles. The maximum Gasteiger partial charge on any atom is 0.269 e. The van der Waals surface area contributed by atoms with Gasteiger partial charge in [-0.3, -0.25) is 19.1 Å². The zero-order valence-corrected chi connectivity index (χ0v) is 25.8. The number of aryl methyl sites for hydroxylation is 2. The van der Waals surface area contributed by atoms with Crippen LogP contribution in [0, 0.1) is 12.7 Å². The van der Waals surface area contributed by atoms with E-state index in [0.717, 1.165) is 10.0 Å². The second-order valence-electron chi connectivity index (χ2n) is 10.4. The van der Waals surface area contributed by atoms with Gasteiger partial charge in [-0.05, 0) is 55.7 Å². The summed E-state index contributed by atoms with van der Waals surface area (Å²) in [7, 11) is 3.10. The minimum atomic E-state index is -0.438. The quantitative estimate of drug-likeness (QED) is 0.308. The molecule has 0 aliphatic carbocycles. The number of fused-ring (bicyclic) bond motifs is 1. The summed E-state index contributed by atoms with van der Waals surface area (Å²) in [5.74, 6) is -0.700. The minimum absolute atomic E-state index is 0.00833. The summed E-state index contributed by atoms with van der Waals surface area (Å²) >= 11 is 3.48. The zero-order valence-electron chi connectivity index (χ0n) is 24.2. The Morgan fingerprint density at radius 3 is 2.70 bits per heavy atom. The largest absolute Gasteiger partial charge is 0.354 e. The number of nitrogens with one attached hydrogen (secondary N) is 2. The topological polar surface area (TPSA) is 114 Å². The van der Waals surface area contributed by atoms with Gasteiger partial charge in [0.25, 0.3) is 17.4 Å². The molecule has 2 aromatic heterocycles. The molecule has 5 rings (SSSR count). The van der Waals surface area contributed by atoms with Gasteiger partial charge < -0.3 is 15.5 Å². The first-order valence-electron chi connectivity index (χ1n) is 13.7. The number of carbonyl (C=O) groups excluding carboxylic acids is 2. The summed E-state index contributed by atoms with van der Waals surface area (Å²) in [6.45, 7) is 7.68. The standard InChI is InChI=1S/C31H31BrFN7O3/c1-6-19-8-7-9-24(33)22(19)15-35-31-36-25-16-39(29(42)20-10-11-23(32)17(2)12-20)18(3)13-21(25)30(43)40(31)27-14-26(28(41)34-4)38(5)37-27/h6-12,14,18H,1,13,15-16H2,2-5H3,(H,34,41)(H,35,36). The van der Waals surface area contributed by atoms with Crippen LogP contribution in [0.5, 0.6) is 0 Å². The first-order valence-corrected chi connectivity index (χ1v) is 14.4. The van der Waals surface area contributed by atoms with Crippen molar-refractivity contribution in [2.75, 3.05) is 12.4 Å². The van der Waals surface area contributed by atoms with Crippen LogP contribution in [0.2, 0.25) is 0 Å². The predicted molar refractivity (Wildman–Crippen MR) is 166 cm³/mol. The fourth-order valence-corrected chi connectivity index (χ4v) is 5.47. The predicted octanol–water partition coefficient (Wildman–Crippen LogP) is 4.38. The van der Waals surface area contributed by atoms with Crippen LogP contribution in [0.1, 0.15) is 55.7 Å². The lowest BCUT2D eigenvalue weighted by atomic mass is 9.98. The smallest absolute Gasteiger partial charge is 0.269 e.